The minimum Gasteiger partial charge on any atom is -0.481 e. The molecule has 0 aromatic rings. The Kier molecular flexibility index (Phi) is 3.28. The lowest BCUT2D eigenvalue weighted by atomic mass is 10.2. The standard InChI is InChI=1S/C5H7ClO2/c1-4(3-6)2-5(7)8/h1-3H2,(H,7,8). The molecule has 2 nitrogen and oxygen atoms in total. The number of aliphatic carboxylic acids is 1. The van der Waals surface area contributed by atoms with Crippen molar-refractivity contribution in [2.75, 3.05) is 5.88 Å². The van der Waals surface area contributed by atoms with Gasteiger partial charge in [0.25, 0.3) is 0 Å². The van der Waals surface area contributed by atoms with Crippen molar-refractivity contribution in [3.8, 4) is 0 Å². The molecule has 0 aliphatic carbocycles. The first-order valence-corrected chi connectivity index (χ1v) is 2.64. The van der Waals surface area contributed by atoms with Gasteiger partial charge in [0, 0.05) is 5.88 Å². The number of rotatable bonds is 3. The van der Waals surface area contributed by atoms with Gasteiger partial charge in [-0.15, -0.1) is 11.6 Å². The second kappa shape index (κ2) is 3.50. The lowest BCUT2D eigenvalue weighted by Crippen LogP contribution is -1.96. The van der Waals surface area contributed by atoms with Gasteiger partial charge in [-0.05, 0) is 0 Å². The Hall–Kier alpha value is -0.500. The summed E-state index contributed by atoms with van der Waals surface area (Å²) in [6.07, 6.45) is -0.0243. The van der Waals surface area contributed by atoms with E-state index in [0.29, 0.717) is 5.57 Å². The Morgan fingerprint density at radius 3 is 2.38 bits per heavy atom. The van der Waals surface area contributed by atoms with Crippen LogP contribution in [0.5, 0.6) is 0 Å². The predicted octanol–water partition coefficient (Wildman–Crippen LogP) is 1.26. The molecule has 3 heteroatoms. The number of alkyl halides is 1. The lowest BCUT2D eigenvalue weighted by Gasteiger charge is -1.91. The molecule has 0 heterocycles. The number of hydrogen-bond donors (Lipinski definition) is 1. The molecule has 0 aliphatic rings. The van der Waals surface area contributed by atoms with Gasteiger partial charge in [0.2, 0.25) is 0 Å². The number of halogens is 1. The van der Waals surface area contributed by atoms with Gasteiger partial charge in [-0.3, -0.25) is 4.79 Å². The van der Waals surface area contributed by atoms with Gasteiger partial charge >= 0.3 is 5.97 Å². The van der Waals surface area contributed by atoms with Crippen molar-refractivity contribution < 1.29 is 9.90 Å². The number of carbonyl (C=O) groups is 1. The van der Waals surface area contributed by atoms with Crippen LogP contribution in [0.4, 0.5) is 0 Å². The Morgan fingerprint density at radius 1 is 1.75 bits per heavy atom. The third kappa shape index (κ3) is 3.68. The van der Waals surface area contributed by atoms with E-state index in [-0.39, 0.29) is 12.3 Å². The molecule has 0 radical (unpaired) electrons. The van der Waals surface area contributed by atoms with Crippen LogP contribution < -0.4 is 0 Å². The van der Waals surface area contributed by atoms with Gasteiger partial charge < -0.3 is 5.11 Å². The Morgan fingerprint density at radius 2 is 2.25 bits per heavy atom. The zero-order valence-corrected chi connectivity index (χ0v) is 5.11. The van der Waals surface area contributed by atoms with Crippen LogP contribution in [0.2, 0.25) is 0 Å². The molecular weight excluding hydrogens is 128 g/mol. The first-order chi connectivity index (χ1) is 3.66. The van der Waals surface area contributed by atoms with Crippen molar-refractivity contribution >= 4 is 17.6 Å². The van der Waals surface area contributed by atoms with E-state index in [1.54, 1.807) is 0 Å². The molecule has 0 saturated heterocycles. The average molecular weight is 135 g/mol. The molecule has 0 rings (SSSR count). The predicted molar refractivity (Wildman–Crippen MR) is 32.1 cm³/mol. The fraction of sp³-hybridized carbons (Fsp3) is 0.400. The molecule has 0 unspecified atom stereocenters. The molecule has 1 N–H and O–H groups in total. The molecule has 0 atom stereocenters. The van der Waals surface area contributed by atoms with E-state index >= 15 is 0 Å². The minimum absolute atomic E-state index is 0.0243. The van der Waals surface area contributed by atoms with Crippen molar-refractivity contribution in [1.82, 2.24) is 0 Å². The Labute approximate surface area is 52.8 Å². The summed E-state index contributed by atoms with van der Waals surface area (Å²) in [6.45, 7) is 3.40. The van der Waals surface area contributed by atoms with Crippen molar-refractivity contribution in [3.63, 3.8) is 0 Å². The first kappa shape index (κ1) is 7.50. The zero-order chi connectivity index (χ0) is 6.57. The normalized spacial score (nSPS) is 8.62. The van der Waals surface area contributed by atoms with E-state index < -0.39 is 5.97 Å². The van der Waals surface area contributed by atoms with E-state index in [0.717, 1.165) is 0 Å². The quantitative estimate of drug-likeness (QED) is 0.466. The van der Waals surface area contributed by atoms with Crippen LogP contribution in [0.1, 0.15) is 6.42 Å². The summed E-state index contributed by atoms with van der Waals surface area (Å²) < 4.78 is 0. The fourth-order valence-corrected chi connectivity index (χ4v) is 0.356. The third-order valence-electron chi connectivity index (χ3n) is 0.590. The minimum atomic E-state index is -0.879. The van der Waals surface area contributed by atoms with Gasteiger partial charge in [0.1, 0.15) is 0 Å². The summed E-state index contributed by atoms with van der Waals surface area (Å²) in [5.74, 6) is -0.651. The van der Waals surface area contributed by atoms with E-state index in [1.165, 1.54) is 0 Å². The topological polar surface area (TPSA) is 37.3 Å². The van der Waals surface area contributed by atoms with Crippen molar-refractivity contribution in [3.05, 3.63) is 12.2 Å². The molecule has 0 aromatic heterocycles. The summed E-state index contributed by atoms with van der Waals surface area (Å²) in [6, 6.07) is 0. The number of carboxylic acid groups (broad SMARTS) is 1. The average Bonchev–Trinajstić information content (AvgIpc) is 1.65. The molecule has 8 heavy (non-hydrogen) atoms. The van der Waals surface area contributed by atoms with Gasteiger partial charge in [-0.25, -0.2) is 0 Å². The molecule has 0 saturated carbocycles. The summed E-state index contributed by atoms with van der Waals surface area (Å²) in [5.41, 5.74) is 0.541. The molecule has 0 aliphatic heterocycles. The van der Waals surface area contributed by atoms with Crippen molar-refractivity contribution in [2.24, 2.45) is 0 Å². The van der Waals surface area contributed by atoms with Crippen molar-refractivity contribution in [1.29, 1.82) is 0 Å². The SMILES string of the molecule is C=C(CCl)CC(=O)O. The summed E-state index contributed by atoms with van der Waals surface area (Å²) >= 11 is 5.23. The van der Waals surface area contributed by atoms with Gasteiger partial charge in [-0.2, -0.15) is 0 Å². The first-order valence-electron chi connectivity index (χ1n) is 2.11. The highest BCUT2D eigenvalue weighted by Gasteiger charge is 1.97. The smallest absolute Gasteiger partial charge is 0.307 e. The maximum absolute atomic E-state index is 9.85. The summed E-state index contributed by atoms with van der Waals surface area (Å²) in [7, 11) is 0. The highest BCUT2D eigenvalue weighted by Crippen LogP contribution is 1.98. The summed E-state index contributed by atoms with van der Waals surface area (Å²) in [5, 5.41) is 8.10. The molecule has 46 valence electrons. The third-order valence-corrected chi connectivity index (χ3v) is 0.968. The Balaban J connectivity index is 3.40. The molecule has 0 amide bonds. The van der Waals surface area contributed by atoms with Gasteiger partial charge in [0.15, 0.2) is 0 Å². The molecule has 0 spiro atoms. The highest BCUT2D eigenvalue weighted by molar-refractivity contribution is 6.19. The fourth-order valence-electron chi connectivity index (χ4n) is 0.261. The molecule has 0 fully saturated rings. The maximum atomic E-state index is 9.85. The van der Waals surface area contributed by atoms with Crippen LogP contribution in [0.15, 0.2) is 12.2 Å². The summed E-state index contributed by atoms with van der Waals surface area (Å²) in [4.78, 5) is 9.85. The van der Waals surface area contributed by atoms with E-state index in [4.69, 9.17) is 16.7 Å². The van der Waals surface area contributed by atoms with Crippen LogP contribution in [0.25, 0.3) is 0 Å². The van der Waals surface area contributed by atoms with Crippen LogP contribution in [-0.4, -0.2) is 17.0 Å². The lowest BCUT2D eigenvalue weighted by molar-refractivity contribution is -0.136. The molecule has 0 aromatic carbocycles. The van der Waals surface area contributed by atoms with Gasteiger partial charge in [-0.1, -0.05) is 12.2 Å². The van der Waals surface area contributed by atoms with Crippen LogP contribution >= 0.6 is 11.6 Å². The molecule has 0 bridgehead atoms. The maximum Gasteiger partial charge on any atom is 0.307 e. The van der Waals surface area contributed by atoms with Crippen LogP contribution in [-0.2, 0) is 4.79 Å². The molecular formula is C5H7ClO2. The van der Waals surface area contributed by atoms with Crippen LogP contribution in [0, 0.1) is 0 Å². The Bertz CT molecular complexity index is 109. The van der Waals surface area contributed by atoms with E-state index in [9.17, 15) is 4.79 Å². The van der Waals surface area contributed by atoms with E-state index in [2.05, 4.69) is 6.58 Å². The van der Waals surface area contributed by atoms with E-state index in [1.807, 2.05) is 0 Å². The van der Waals surface area contributed by atoms with Crippen LogP contribution in [0.3, 0.4) is 0 Å². The largest absolute Gasteiger partial charge is 0.481 e. The monoisotopic (exact) mass is 134 g/mol. The number of carboxylic acids is 1. The second-order valence-corrected chi connectivity index (χ2v) is 1.72. The van der Waals surface area contributed by atoms with Gasteiger partial charge in [0.05, 0.1) is 6.42 Å². The second-order valence-electron chi connectivity index (χ2n) is 1.45. The number of hydrogen-bond acceptors (Lipinski definition) is 1. The zero-order valence-electron chi connectivity index (χ0n) is 4.35. The highest BCUT2D eigenvalue weighted by atomic mass is 35.5. The van der Waals surface area contributed by atoms with Crippen molar-refractivity contribution in [2.45, 2.75) is 6.42 Å².